The van der Waals surface area contributed by atoms with Gasteiger partial charge in [-0.05, 0) is 35.9 Å². The average Bonchev–Trinajstić information content (AvgIpc) is 2.94. The second-order valence-corrected chi connectivity index (χ2v) is 8.58. The second kappa shape index (κ2) is 6.45. The minimum Gasteiger partial charge on any atom is -0.366 e. The number of nitrogens with two attached hydrogens (primary N) is 1. The van der Waals surface area contributed by atoms with Gasteiger partial charge in [0.2, 0.25) is 5.91 Å². The van der Waals surface area contributed by atoms with E-state index in [0.717, 1.165) is 6.26 Å². The van der Waals surface area contributed by atoms with Crippen molar-refractivity contribution < 1.29 is 17.6 Å². The van der Waals surface area contributed by atoms with Crippen LogP contribution < -0.4 is 5.73 Å². The molecule has 0 saturated heterocycles. The first-order chi connectivity index (χ1) is 13.3. The summed E-state index contributed by atoms with van der Waals surface area (Å²) in [6.07, 6.45) is 1.16. The fraction of sp³-hybridized carbons (Fsp3) is 0.0952. The molecular formula is C21H16FN2O3S. The molecule has 28 heavy (non-hydrogen) atoms. The third kappa shape index (κ3) is 2.93. The maximum Gasteiger partial charge on any atom is 0.249 e. The molecule has 7 heteroatoms. The Labute approximate surface area is 161 Å². The van der Waals surface area contributed by atoms with Crippen molar-refractivity contribution in [1.82, 2.24) is 4.57 Å². The van der Waals surface area contributed by atoms with E-state index >= 15 is 0 Å². The monoisotopic (exact) mass is 395 g/mol. The first-order valence-corrected chi connectivity index (χ1v) is 10.4. The van der Waals surface area contributed by atoms with Crippen molar-refractivity contribution in [3.05, 3.63) is 77.6 Å². The zero-order chi connectivity index (χ0) is 20.1. The molecule has 141 valence electrons. The Kier molecular flexibility index (Phi) is 4.19. The van der Waals surface area contributed by atoms with Crippen LogP contribution >= 0.6 is 0 Å². The van der Waals surface area contributed by atoms with Crippen molar-refractivity contribution in [1.29, 1.82) is 0 Å². The van der Waals surface area contributed by atoms with E-state index in [1.807, 2.05) is 4.57 Å². The molecule has 3 aromatic carbocycles. The lowest BCUT2D eigenvalue weighted by Crippen LogP contribution is -2.11. The van der Waals surface area contributed by atoms with Crippen LogP contribution in [-0.2, 0) is 16.4 Å². The van der Waals surface area contributed by atoms with Gasteiger partial charge in [-0.1, -0.05) is 24.3 Å². The van der Waals surface area contributed by atoms with Gasteiger partial charge in [-0.2, -0.15) is 0 Å². The molecule has 0 unspecified atom stereocenters. The number of carbonyl (C=O) groups is 1. The van der Waals surface area contributed by atoms with Crippen LogP contribution in [0.15, 0.2) is 59.5 Å². The van der Waals surface area contributed by atoms with Gasteiger partial charge in [0.15, 0.2) is 9.84 Å². The highest BCUT2D eigenvalue weighted by Crippen LogP contribution is 2.33. The van der Waals surface area contributed by atoms with E-state index < -0.39 is 21.6 Å². The minimum atomic E-state index is -3.43. The predicted molar refractivity (Wildman–Crippen MR) is 105 cm³/mol. The zero-order valence-corrected chi connectivity index (χ0v) is 15.8. The third-order valence-electron chi connectivity index (χ3n) is 4.73. The molecule has 0 bridgehead atoms. The molecule has 0 aliphatic rings. The Hall–Kier alpha value is -3.19. The fourth-order valence-electron chi connectivity index (χ4n) is 3.58. The van der Waals surface area contributed by atoms with E-state index in [-0.39, 0.29) is 17.0 Å². The van der Waals surface area contributed by atoms with E-state index in [1.165, 1.54) is 6.07 Å². The fourth-order valence-corrected chi connectivity index (χ4v) is 4.51. The van der Waals surface area contributed by atoms with Crippen LogP contribution in [0.5, 0.6) is 0 Å². The number of hydrogen-bond acceptors (Lipinski definition) is 3. The Morgan fingerprint density at radius 3 is 2.54 bits per heavy atom. The SMILES string of the molecule is CS(=O)(=O)c1ccccc1Cn1c2ccc(F)[c]c2c2c(C(N)=O)cccc21. The predicted octanol–water partition coefficient (Wildman–Crippen LogP) is 3.28. The number of hydrogen-bond donors (Lipinski definition) is 1. The highest BCUT2D eigenvalue weighted by atomic mass is 32.2. The molecule has 1 heterocycles. The number of nitrogens with zero attached hydrogens (tertiary/aromatic N) is 1. The van der Waals surface area contributed by atoms with Gasteiger partial charge in [-0.15, -0.1) is 0 Å². The number of amides is 1. The number of carbonyl (C=O) groups excluding carboxylic acids is 1. The molecule has 0 aliphatic carbocycles. The number of fused-ring (bicyclic) bond motifs is 3. The van der Waals surface area contributed by atoms with E-state index in [2.05, 4.69) is 6.07 Å². The summed E-state index contributed by atoms with van der Waals surface area (Å²) in [7, 11) is -3.43. The summed E-state index contributed by atoms with van der Waals surface area (Å²) in [4.78, 5) is 12.1. The van der Waals surface area contributed by atoms with Crippen molar-refractivity contribution in [3.63, 3.8) is 0 Å². The Balaban J connectivity index is 2.06. The molecular weight excluding hydrogens is 379 g/mol. The van der Waals surface area contributed by atoms with Crippen molar-refractivity contribution in [2.24, 2.45) is 5.73 Å². The van der Waals surface area contributed by atoms with Gasteiger partial charge in [0, 0.05) is 35.2 Å². The summed E-state index contributed by atoms with van der Waals surface area (Å²) in [5.74, 6) is -1.18. The Morgan fingerprint density at radius 2 is 1.82 bits per heavy atom. The van der Waals surface area contributed by atoms with Crippen molar-refractivity contribution >= 4 is 37.6 Å². The minimum absolute atomic E-state index is 0.224. The summed E-state index contributed by atoms with van der Waals surface area (Å²) in [6.45, 7) is 0.227. The van der Waals surface area contributed by atoms with Gasteiger partial charge in [-0.3, -0.25) is 4.79 Å². The lowest BCUT2D eigenvalue weighted by molar-refractivity contribution is 0.100. The molecule has 0 fully saturated rings. The topological polar surface area (TPSA) is 82.2 Å². The van der Waals surface area contributed by atoms with Gasteiger partial charge in [-0.25, -0.2) is 12.8 Å². The molecule has 5 nitrogen and oxygen atoms in total. The van der Waals surface area contributed by atoms with Gasteiger partial charge >= 0.3 is 0 Å². The molecule has 0 atom stereocenters. The van der Waals surface area contributed by atoms with Gasteiger partial charge < -0.3 is 10.3 Å². The molecule has 0 saturated carbocycles. The maximum absolute atomic E-state index is 13.9. The quantitative estimate of drug-likeness (QED) is 0.576. The molecule has 1 aromatic heterocycles. The van der Waals surface area contributed by atoms with Gasteiger partial charge in [0.05, 0.1) is 15.9 Å². The number of sulfone groups is 1. The number of halogens is 1. The molecule has 0 spiro atoms. The smallest absolute Gasteiger partial charge is 0.249 e. The average molecular weight is 395 g/mol. The summed E-state index contributed by atoms with van der Waals surface area (Å²) >= 11 is 0. The Bertz CT molecular complexity index is 1360. The van der Waals surface area contributed by atoms with E-state index in [0.29, 0.717) is 27.4 Å². The Morgan fingerprint density at radius 1 is 1.07 bits per heavy atom. The highest BCUT2D eigenvalue weighted by molar-refractivity contribution is 7.90. The second-order valence-electron chi connectivity index (χ2n) is 6.60. The standard InChI is InChI=1S/C21H16FN2O3S/c1-28(26,27)19-8-3-2-5-13(19)12-24-17-10-9-14(22)11-16(17)20-15(21(23)25)6-4-7-18(20)24/h2-10H,12H2,1H3,(H2,23,25). The largest absolute Gasteiger partial charge is 0.366 e. The number of benzene rings is 3. The van der Waals surface area contributed by atoms with E-state index in [4.69, 9.17) is 5.73 Å². The van der Waals surface area contributed by atoms with Crippen LogP contribution in [0, 0.1) is 11.9 Å². The lowest BCUT2D eigenvalue weighted by atomic mass is 10.1. The van der Waals surface area contributed by atoms with Gasteiger partial charge in [0.1, 0.15) is 5.82 Å². The summed E-state index contributed by atoms with van der Waals surface area (Å²) in [5.41, 5.74) is 7.66. The van der Waals surface area contributed by atoms with Crippen molar-refractivity contribution in [2.75, 3.05) is 6.26 Å². The maximum atomic E-state index is 13.9. The normalized spacial score (nSPS) is 11.9. The molecule has 2 N–H and O–H groups in total. The van der Waals surface area contributed by atoms with Gasteiger partial charge in [0.25, 0.3) is 0 Å². The molecule has 4 rings (SSSR count). The summed E-state index contributed by atoms with van der Waals surface area (Å²) in [6, 6.07) is 17.3. The third-order valence-corrected chi connectivity index (χ3v) is 5.93. The number of rotatable bonds is 4. The lowest BCUT2D eigenvalue weighted by Gasteiger charge is -2.11. The van der Waals surface area contributed by atoms with Crippen LogP contribution in [0.1, 0.15) is 15.9 Å². The van der Waals surface area contributed by atoms with Crippen LogP contribution in [-0.4, -0.2) is 25.1 Å². The first kappa shape index (κ1) is 18.2. The van der Waals surface area contributed by atoms with Crippen molar-refractivity contribution in [3.8, 4) is 0 Å². The molecule has 0 aliphatic heterocycles. The number of aromatic nitrogens is 1. The van der Waals surface area contributed by atoms with Crippen LogP contribution in [0.3, 0.4) is 0 Å². The summed E-state index contributed by atoms with van der Waals surface area (Å²) < 4.78 is 40.1. The highest BCUT2D eigenvalue weighted by Gasteiger charge is 2.19. The van der Waals surface area contributed by atoms with E-state index in [1.54, 1.807) is 48.5 Å². The summed E-state index contributed by atoms with van der Waals surface area (Å²) in [5, 5.41) is 0.933. The van der Waals surface area contributed by atoms with Crippen LogP contribution in [0.2, 0.25) is 0 Å². The zero-order valence-electron chi connectivity index (χ0n) is 14.9. The first-order valence-electron chi connectivity index (χ1n) is 8.48. The molecule has 4 aromatic rings. The van der Waals surface area contributed by atoms with Crippen LogP contribution in [0.25, 0.3) is 21.8 Å². The molecule has 1 radical (unpaired) electrons. The van der Waals surface area contributed by atoms with Crippen molar-refractivity contribution in [2.45, 2.75) is 11.4 Å². The molecule has 1 amide bonds. The number of primary amides is 1. The van der Waals surface area contributed by atoms with E-state index in [9.17, 15) is 17.6 Å². The van der Waals surface area contributed by atoms with Crippen LogP contribution in [0.4, 0.5) is 4.39 Å².